The van der Waals surface area contributed by atoms with Crippen molar-refractivity contribution in [3.05, 3.63) is 76.3 Å². The van der Waals surface area contributed by atoms with Crippen molar-refractivity contribution in [2.24, 2.45) is 0 Å². The smallest absolute Gasteiger partial charge is 0.303 e. The molecule has 1 aliphatic rings. The summed E-state index contributed by atoms with van der Waals surface area (Å²) in [6, 6.07) is 15.8. The molecule has 42 heavy (non-hydrogen) atoms. The number of hydrogen-bond acceptors (Lipinski definition) is 6. The lowest BCUT2D eigenvalue weighted by Gasteiger charge is -2.36. The summed E-state index contributed by atoms with van der Waals surface area (Å²) in [5.41, 5.74) is 3.29. The Balaban J connectivity index is 1.68. The maximum Gasteiger partial charge on any atom is 0.303 e. The molecular formula is C32H37ClF2N2O5. The molecule has 226 valence electrons. The fraction of sp³-hybridized carbons (Fsp3) is 0.406. The third-order valence-corrected chi connectivity index (χ3v) is 7.87. The van der Waals surface area contributed by atoms with Gasteiger partial charge in [-0.1, -0.05) is 30.7 Å². The van der Waals surface area contributed by atoms with Crippen LogP contribution in [-0.2, 0) is 17.1 Å². The van der Waals surface area contributed by atoms with Crippen LogP contribution in [0, 0.1) is 0 Å². The number of fused-ring (bicyclic) bond motifs is 1. The highest BCUT2D eigenvalue weighted by molar-refractivity contribution is 6.30. The van der Waals surface area contributed by atoms with Gasteiger partial charge in [-0.15, -0.1) is 0 Å². The Morgan fingerprint density at radius 1 is 1.10 bits per heavy atom. The predicted octanol–water partition coefficient (Wildman–Crippen LogP) is 7.71. The van der Waals surface area contributed by atoms with Crippen molar-refractivity contribution >= 4 is 28.9 Å². The van der Waals surface area contributed by atoms with Crippen molar-refractivity contribution < 1.29 is 32.9 Å². The van der Waals surface area contributed by atoms with Crippen LogP contribution in [0.4, 0.5) is 20.2 Å². The zero-order valence-electron chi connectivity index (χ0n) is 24.3. The van der Waals surface area contributed by atoms with E-state index in [1.165, 1.54) is 14.0 Å². The van der Waals surface area contributed by atoms with Gasteiger partial charge in [-0.3, -0.25) is 4.79 Å². The van der Waals surface area contributed by atoms with Crippen LogP contribution < -0.4 is 24.4 Å². The van der Waals surface area contributed by atoms with Crippen molar-refractivity contribution in [2.75, 3.05) is 37.6 Å². The van der Waals surface area contributed by atoms with Crippen molar-refractivity contribution in [1.29, 1.82) is 0 Å². The Labute approximate surface area is 250 Å². The minimum atomic E-state index is -3.02. The Morgan fingerprint density at radius 3 is 2.45 bits per heavy atom. The number of carboxylic acids is 1. The van der Waals surface area contributed by atoms with E-state index in [4.69, 9.17) is 30.9 Å². The number of nitrogens with one attached hydrogen (secondary N) is 1. The number of ether oxygens (including phenoxy) is 3. The van der Waals surface area contributed by atoms with Gasteiger partial charge in [0, 0.05) is 54.0 Å². The van der Waals surface area contributed by atoms with E-state index in [2.05, 4.69) is 17.1 Å². The van der Waals surface area contributed by atoms with Gasteiger partial charge in [-0.25, -0.2) is 8.78 Å². The van der Waals surface area contributed by atoms with Gasteiger partial charge in [0.2, 0.25) is 0 Å². The van der Waals surface area contributed by atoms with Gasteiger partial charge in [0.1, 0.15) is 17.2 Å². The highest BCUT2D eigenvalue weighted by Crippen LogP contribution is 2.44. The first-order chi connectivity index (χ1) is 20.1. The van der Waals surface area contributed by atoms with E-state index in [1.54, 1.807) is 25.3 Å². The van der Waals surface area contributed by atoms with Crippen LogP contribution in [-0.4, -0.2) is 44.5 Å². The van der Waals surface area contributed by atoms with E-state index < -0.39 is 11.9 Å². The molecule has 3 aromatic carbocycles. The van der Waals surface area contributed by atoms with E-state index in [-0.39, 0.29) is 42.8 Å². The van der Waals surface area contributed by atoms with Crippen LogP contribution in [0.15, 0.2) is 54.6 Å². The predicted molar refractivity (Wildman–Crippen MR) is 161 cm³/mol. The highest BCUT2D eigenvalue weighted by atomic mass is 35.5. The molecule has 2 unspecified atom stereocenters. The lowest BCUT2D eigenvalue weighted by atomic mass is 9.97. The molecule has 4 rings (SSSR count). The number of anilines is 2. The van der Waals surface area contributed by atoms with Crippen molar-refractivity contribution in [3.8, 4) is 17.2 Å². The van der Waals surface area contributed by atoms with Gasteiger partial charge < -0.3 is 29.5 Å². The Morgan fingerprint density at radius 2 is 1.81 bits per heavy atom. The van der Waals surface area contributed by atoms with Crippen LogP contribution in [0.3, 0.4) is 0 Å². The van der Waals surface area contributed by atoms with E-state index in [9.17, 15) is 13.6 Å². The first kappa shape index (κ1) is 31.2. The van der Waals surface area contributed by atoms with Crippen LogP contribution in [0.5, 0.6) is 17.2 Å². The number of aliphatic carboxylic acids is 1. The number of methoxy groups -OCH3 is 2. The molecule has 10 heteroatoms. The average molecular weight is 603 g/mol. The second kappa shape index (κ2) is 13.5. The highest BCUT2D eigenvalue weighted by Gasteiger charge is 2.37. The SMILES string of the molecule is CCC(F)(F)c1cc2c(cc1OC)CCN2C(C)C(Nc1cc(OC)cc(OCCCC(=O)O)c1)c1ccc(Cl)cc1. The molecule has 0 aliphatic carbocycles. The first-order valence-corrected chi connectivity index (χ1v) is 14.4. The van der Waals surface area contributed by atoms with Crippen LogP contribution >= 0.6 is 11.6 Å². The lowest BCUT2D eigenvalue weighted by Crippen LogP contribution is -2.39. The summed E-state index contributed by atoms with van der Waals surface area (Å²) in [5.74, 6) is -2.59. The molecule has 0 radical (unpaired) electrons. The Bertz CT molecular complexity index is 1390. The molecule has 0 saturated heterocycles. The number of nitrogens with zero attached hydrogens (tertiary/aromatic N) is 1. The number of carbonyl (C=O) groups is 1. The van der Waals surface area contributed by atoms with Gasteiger partial charge in [-0.05, 0) is 55.2 Å². The lowest BCUT2D eigenvalue weighted by molar-refractivity contribution is -0.137. The average Bonchev–Trinajstić information content (AvgIpc) is 3.40. The maximum absolute atomic E-state index is 15.0. The van der Waals surface area contributed by atoms with Gasteiger partial charge in [0.05, 0.1) is 38.5 Å². The third kappa shape index (κ3) is 7.18. The standard InChI is InChI=1S/C32H37ClF2N2O5/c1-5-32(34,35)27-19-28-22(15-29(27)41-4)12-13-37(28)20(2)31(21-8-10-23(33)11-9-21)36-24-16-25(40-3)18-26(17-24)42-14-6-7-30(38)39/h8-11,15-20,31,36H,5-7,12-14H2,1-4H3,(H,38,39). The van der Waals surface area contributed by atoms with E-state index in [0.717, 1.165) is 22.5 Å². The van der Waals surface area contributed by atoms with E-state index in [1.807, 2.05) is 36.4 Å². The molecule has 0 amide bonds. The van der Waals surface area contributed by atoms with Gasteiger partial charge in [0.25, 0.3) is 5.92 Å². The summed E-state index contributed by atoms with van der Waals surface area (Å²) >= 11 is 6.21. The monoisotopic (exact) mass is 602 g/mol. The number of halogens is 3. The number of hydrogen-bond donors (Lipinski definition) is 2. The van der Waals surface area contributed by atoms with Gasteiger partial charge in [0.15, 0.2) is 0 Å². The summed E-state index contributed by atoms with van der Waals surface area (Å²) < 4.78 is 46.6. The molecule has 2 N–H and O–H groups in total. The van der Waals surface area contributed by atoms with Crippen LogP contribution in [0.2, 0.25) is 5.02 Å². The van der Waals surface area contributed by atoms with Crippen molar-refractivity contribution in [3.63, 3.8) is 0 Å². The van der Waals surface area contributed by atoms with E-state index >= 15 is 0 Å². The van der Waals surface area contributed by atoms with Gasteiger partial charge >= 0.3 is 5.97 Å². The zero-order valence-corrected chi connectivity index (χ0v) is 25.0. The topological polar surface area (TPSA) is 80.3 Å². The Hall–Kier alpha value is -3.72. The molecule has 1 heterocycles. The molecule has 0 bridgehead atoms. The summed E-state index contributed by atoms with van der Waals surface area (Å²) in [5, 5.41) is 13.1. The normalized spacial score (nSPS) is 14.2. The first-order valence-electron chi connectivity index (χ1n) is 14.0. The van der Waals surface area contributed by atoms with Crippen molar-refractivity contribution in [1.82, 2.24) is 0 Å². The van der Waals surface area contributed by atoms with Crippen LogP contribution in [0.25, 0.3) is 0 Å². The third-order valence-electron chi connectivity index (χ3n) is 7.62. The van der Waals surface area contributed by atoms with E-state index in [0.29, 0.717) is 35.9 Å². The molecule has 0 aromatic heterocycles. The number of alkyl halides is 2. The second-order valence-electron chi connectivity index (χ2n) is 10.3. The summed E-state index contributed by atoms with van der Waals surface area (Å²) in [6.07, 6.45) is 0.760. The summed E-state index contributed by atoms with van der Waals surface area (Å²) in [6.45, 7) is 4.43. The van der Waals surface area contributed by atoms with Crippen LogP contribution in [0.1, 0.15) is 55.8 Å². The fourth-order valence-corrected chi connectivity index (χ4v) is 5.42. The molecule has 2 atom stereocenters. The molecule has 7 nitrogen and oxygen atoms in total. The minimum Gasteiger partial charge on any atom is -0.497 e. The summed E-state index contributed by atoms with van der Waals surface area (Å²) in [7, 11) is 2.98. The quantitative estimate of drug-likeness (QED) is 0.183. The molecule has 0 saturated carbocycles. The molecule has 0 spiro atoms. The maximum atomic E-state index is 15.0. The molecule has 0 fully saturated rings. The number of benzene rings is 3. The fourth-order valence-electron chi connectivity index (χ4n) is 5.29. The largest absolute Gasteiger partial charge is 0.497 e. The number of rotatable bonds is 14. The molecule has 3 aromatic rings. The van der Waals surface area contributed by atoms with Crippen molar-refractivity contribution in [2.45, 2.75) is 57.5 Å². The minimum absolute atomic E-state index is 0.0142. The number of carboxylic acid groups (broad SMARTS) is 1. The second-order valence-corrected chi connectivity index (χ2v) is 10.8. The molecular weight excluding hydrogens is 566 g/mol. The van der Waals surface area contributed by atoms with Gasteiger partial charge in [-0.2, -0.15) is 0 Å². The summed E-state index contributed by atoms with van der Waals surface area (Å²) in [4.78, 5) is 13.0. The zero-order chi connectivity index (χ0) is 30.4. The molecule has 1 aliphatic heterocycles. The Kier molecular flexibility index (Phi) is 10.0.